The van der Waals surface area contributed by atoms with Crippen LogP contribution in [0, 0.1) is 0 Å². The van der Waals surface area contributed by atoms with Gasteiger partial charge in [-0.25, -0.2) is 0 Å². The molecular weight excluding hydrogens is 157 g/mol. The molecule has 4 nitrogen and oxygen atoms in total. The van der Waals surface area contributed by atoms with Crippen LogP contribution in [-0.2, 0) is 0 Å². The highest BCUT2D eigenvalue weighted by Gasteiger charge is 1.99. The van der Waals surface area contributed by atoms with Crippen LogP contribution in [-0.4, -0.2) is 18.6 Å². The first-order valence-corrected chi connectivity index (χ1v) is 3.26. The maximum atomic E-state index is 10.6. The highest BCUT2D eigenvalue weighted by Crippen LogP contribution is 2.10. The molecule has 0 saturated heterocycles. The SMILES string of the molecule is NC(=O)c1ccc(O[B]O)cc1. The van der Waals surface area contributed by atoms with Crippen LogP contribution in [0.25, 0.3) is 0 Å². The zero-order valence-corrected chi connectivity index (χ0v) is 6.23. The first kappa shape index (κ1) is 8.61. The van der Waals surface area contributed by atoms with Crippen LogP contribution in [0.1, 0.15) is 10.4 Å². The predicted octanol–water partition coefficient (Wildman–Crippen LogP) is -0.309. The highest BCUT2D eigenvalue weighted by molar-refractivity contribution is 6.17. The third-order valence-electron chi connectivity index (χ3n) is 1.33. The second-order valence-electron chi connectivity index (χ2n) is 2.11. The second kappa shape index (κ2) is 3.78. The summed E-state index contributed by atoms with van der Waals surface area (Å²) in [6.45, 7) is 0. The number of carbonyl (C=O) groups is 1. The molecule has 12 heavy (non-hydrogen) atoms. The molecular formula is C7H7BNO3. The summed E-state index contributed by atoms with van der Waals surface area (Å²) in [6, 6.07) is 6.10. The zero-order chi connectivity index (χ0) is 8.97. The van der Waals surface area contributed by atoms with Crippen molar-refractivity contribution in [1.82, 2.24) is 0 Å². The maximum Gasteiger partial charge on any atom is 0.569 e. The number of nitrogens with two attached hydrogens (primary N) is 1. The Morgan fingerprint density at radius 3 is 2.42 bits per heavy atom. The van der Waals surface area contributed by atoms with Crippen LogP contribution in [0.2, 0.25) is 0 Å². The van der Waals surface area contributed by atoms with E-state index in [2.05, 4.69) is 4.65 Å². The van der Waals surface area contributed by atoms with E-state index in [1.165, 1.54) is 24.3 Å². The summed E-state index contributed by atoms with van der Waals surface area (Å²) in [5.41, 5.74) is 5.40. The molecule has 0 atom stereocenters. The molecule has 0 bridgehead atoms. The van der Waals surface area contributed by atoms with E-state index in [1.54, 1.807) is 0 Å². The van der Waals surface area contributed by atoms with Crippen LogP contribution in [0.5, 0.6) is 5.75 Å². The van der Waals surface area contributed by atoms with Gasteiger partial charge in [0.15, 0.2) is 0 Å². The monoisotopic (exact) mass is 164 g/mol. The van der Waals surface area contributed by atoms with E-state index in [4.69, 9.17) is 10.8 Å². The van der Waals surface area contributed by atoms with Crippen LogP contribution in [0.15, 0.2) is 24.3 Å². The molecule has 3 N–H and O–H groups in total. The highest BCUT2D eigenvalue weighted by atomic mass is 16.5. The van der Waals surface area contributed by atoms with Gasteiger partial charge >= 0.3 is 7.69 Å². The molecule has 0 aliphatic rings. The van der Waals surface area contributed by atoms with Gasteiger partial charge in [0, 0.05) is 5.56 Å². The first-order valence-electron chi connectivity index (χ1n) is 3.26. The van der Waals surface area contributed by atoms with Gasteiger partial charge in [0.25, 0.3) is 0 Å². The second-order valence-corrected chi connectivity index (χ2v) is 2.11. The minimum atomic E-state index is -0.491. The van der Waals surface area contributed by atoms with Gasteiger partial charge in [0.05, 0.1) is 0 Å². The van der Waals surface area contributed by atoms with E-state index in [-0.39, 0.29) is 0 Å². The van der Waals surface area contributed by atoms with Crippen molar-refractivity contribution in [1.29, 1.82) is 0 Å². The Bertz CT molecular complexity index is 272. The third-order valence-corrected chi connectivity index (χ3v) is 1.33. The van der Waals surface area contributed by atoms with Crippen molar-refractivity contribution in [2.45, 2.75) is 0 Å². The molecule has 0 aromatic heterocycles. The molecule has 1 aromatic rings. The average molecular weight is 164 g/mol. The van der Waals surface area contributed by atoms with Crippen LogP contribution in [0.3, 0.4) is 0 Å². The van der Waals surface area contributed by atoms with Gasteiger partial charge < -0.3 is 15.4 Å². The van der Waals surface area contributed by atoms with Gasteiger partial charge in [-0.3, -0.25) is 4.79 Å². The fourth-order valence-electron chi connectivity index (χ4n) is 0.759. The quantitative estimate of drug-likeness (QED) is 0.601. The molecule has 0 spiro atoms. The lowest BCUT2D eigenvalue weighted by Crippen LogP contribution is -2.10. The number of primary amides is 1. The van der Waals surface area contributed by atoms with Crippen molar-refractivity contribution in [2.75, 3.05) is 0 Å². The van der Waals surface area contributed by atoms with Gasteiger partial charge in [0.2, 0.25) is 5.91 Å². The molecule has 61 valence electrons. The van der Waals surface area contributed by atoms with E-state index in [1.807, 2.05) is 0 Å². The van der Waals surface area contributed by atoms with Crippen LogP contribution in [0.4, 0.5) is 0 Å². The third kappa shape index (κ3) is 2.00. The maximum absolute atomic E-state index is 10.6. The Kier molecular flexibility index (Phi) is 2.71. The molecule has 0 heterocycles. The van der Waals surface area contributed by atoms with E-state index >= 15 is 0 Å². The number of hydrogen-bond donors (Lipinski definition) is 2. The van der Waals surface area contributed by atoms with Crippen molar-refractivity contribution in [3.8, 4) is 5.75 Å². The minimum absolute atomic E-state index is 0.403. The van der Waals surface area contributed by atoms with E-state index < -0.39 is 5.91 Å². The topological polar surface area (TPSA) is 72.6 Å². The largest absolute Gasteiger partial charge is 0.569 e. The summed E-state index contributed by atoms with van der Waals surface area (Å²) in [5.74, 6) is -0.0444. The molecule has 0 unspecified atom stereocenters. The Morgan fingerprint density at radius 1 is 1.42 bits per heavy atom. The van der Waals surface area contributed by atoms with Gasteiger partial charge in [-0.15, -0.1) is 0 Å². The molecule has 1 rings (SSSR count). The summed E-state index contributed by atoms with van der Waals surface area (Å²) >= 11 is 0. The molecule has 1 radical (unpaired) electrons. The summed E-state index contributed by atoms with van der Waals surface area (Å²) in [7, 11) is 0.569. The molecule has 0 fully saturated rings. The Hall–Kier alpha value is -1.49. The number of carbonyl (C=O) groups excluding carboxylic acids is 1. The van der Waals surface area contributed by atoms with Gasteiger partial charge in [-0.1, -0.05) is 0 Å². The van der Waals surface area contributed by atoms with E-state index in [0.29, 0.717) is 19.0 Å². The molecule has 0 saturated carbocycles. The van der Waals surface area contributed by atoms with Crippen molar-refractivity contribution >= 4 is 13.6 Å². The van der Waals surface area contributed by atoms with Crippen LogP contribution >= 0.6 is 0 Å². The van der Waals surface area contributed by atoms with Gasteiger partial charge in [-0.05, 0) is 24.3 Å². The number of benzene rings is 1. The zero-order valence-electron chi connectivity index (χ0n) is 6.23. The van der Waals surface area contributed by atoms with Crippen molar-refractivity contribution < 1.29 is 14.5 Å². The Labute approximate surface area is 70.3 Å². The van der Waals surface area contributed by atoms with Crippen molar-refractivity contribution in [3.05, 3.63) is 29.8 Å². The van der Waals surface area contributed by atoms with Gasteiger partial charge in [-0.2, -0.15) is 0 Å². The van der Waals surface area contributed by atoms with Crippen molar-refractivity contribution in [2.24, 2.45) is 5.73 Å². The molecule has 0 aliphatic heterocycles. The number of rotatable bonds is 3. The van der Waals surface area contributed by atoms with E-state index in [0.717, 1.165) is 0 Å². The number of amides is 1. The fraction of sp³-hybridized carbons (Fsp3) is 0. The number of hydrogen-bond acceptors (Lipinski definition) is 3. The lowest BCUT2D eigenvalue weighted by Gasteiger charge is -2.00. The van der Waals surface area contributed by atoms with E-state index in [9.17, 15) is 4.79 Å². The summed E-state index contributed by atoms with van der Waals surface area (Å²) in [4.78, 5) is 10.6. The summed E-state index contributed by atoms with van der Waals surface area (Å²) in [5, 5.41) is 8.26. The molecule has 1 amide bonds. The molecule has 0 aliphatic carbocycles. The minimum Gasteiger partial charge on any atom is -0.537 e. The lowest BCUT2D eigenvalue weighted by atomic mass is 10.2. The Balaban J connectivity index is 2.78. The Morgan fingerprint density at radius 2 is 2.00 bits per heavy atom. The smallest absolute Gasteiger partial charge is 0.537 e. The van der Waals surface area contributed by atoms with Gasteiger partial charge in [0.1, 0.15) is 5.75 Å². The standard InChI is InChI=1S/C7H7BNO3/c9-7(10)5-1-3-6(4-2-5)12-8-11/h1-4,11H,(H2,9,10). The summed E-state index contributed by atoms with van der Waals surface area (Å²) < 4.78 is 4.62. The van der Waals surface area contributed by atoms with Crippen LogP contribution < -0.4 is 10.4 Å². The average Bonchev–Trinajstić information content (AvgIpc) is 2.06. The predicted molar refractivity (Wildman–Crippen MR) is 43.6 cm³/mol. The molecule has 1 aromatic carbocycles. The normalized spacial score (nSPS) is 9.08. The first-order chi connectivity index (χ1) is 5.74. The van der Waals surface area contributed by atoms with Crippen molar-refractivity contribution in [3.63, 3.8) is 0 Å². The summed E-state index contributed by atoms with van der Waals surface area (Å²) in [6.07, 6.45) is 0. The lowest BCUT2D eigenvalue weighted by molar-refractivity contribution is 0.100. The fourth-order valence-corrected chi connectivity index (χ4v) is 0.759. The molecule has 5 heteroatoms.